The molecule has 0 radical (unpaired) electrons. The Morgan fingerprint density at radius 3 is 2.76 bits per heavy atom. The normalized spacial score (nSPS) is 10.2. The van der Waals surface area contributed by atoms with Gasteiger partial charge in [-0.1, -0.05) is 37.6 Å². The molecule has 0 fully saturated rings. The van der Waals surface area contributed by atoms with Crippen LogP contribution in [0.3, 0.4) is 0 Å². The SMILES string of the molecule is C=CCCCCCc1ccccc1OCCC. The van der Waals surface area contributed by atoms with Gasteiger partial charge in [-0.3, -0.25) is 0 Å². The number of hydrogen-bond acceptors (Lipinski definition) is 1. The molecule has 0 unspecified atom stereocenters. The second-order valence-corrected chi connectivity index (χ2v) is 4.34. The summed E-state index contributed by atoms with van der Waals surface area (Å²) in [6.45, 7) is 6.69. The average molecular weight is 232 g/mol. The van der Waals surface area contributed by atoms with Crippen LogP contribution in [0.2, 0.25) is 0 Å². The van der Waals surface area contributed by atoms with Crippen LogP contribution in [0.25, 0.3) is 0 Å². The van der Waals surface area contributed by atoms with Crippen molar-refractivity contribution in [3.8, 4) is 5.75 Å². The van der Waals surface area contributed by atoms with Crippen LogP contribution >= 0.6 is 0 Å². The van der Waals surface area contributed by atoms with Crippen LogP contribution < -0.4 is 4.74 Å². The summed E-state index contributed by atoms with van der Waals surface area (Å²) in [5.41, 5.74) is 1.35. The summed E-state index contributed by atoms with van der Waals surface area (Å²) in [5, 5.41) is 0. The lowest BCUT2D eigenvalue weighted by Gasteiger charge is -2.10. The van der Waals surface area contributed by atoms with Crippen LogP contribution in [0.1, 0.15) is 44.6 Å². The van der Waals surface area contributed by atoms with Crippen LogP contribution in [0, 0.1) is 0 Å². The van der Waals surface area contributed by atoms with Gasteiger partial charge in [0.2, 0.25) is 0 Å². The first-order valence-corrected chi connectivity index (χ1v) is 6.70. The minimum atomic E-state index is 0.813. The van der Waals surface area contributed by atoms with Gasteiger partial charge < -0.3 is 4.74 Å². The minimum absolute atomic E-state index is 0.813. The van der Waals surface area contributed by atoms with E-state index in [9.17, 15) is 0 Å². The van der Waals surface area contributed by atoms with E-state index in [0.29, 0.717) is 0 Å². The molecule has 0 bridgehead atoms. The van der Waals surface area contributed by atoms with Gasteiger partial charge in [-0.05, 0) is 43.7 Å². The number of unbranched alkanes of at least 4 members (excludes halogenated alkanes) is 3. The van der Waals surface area contributed by atoms with Crippen molar-refractivity contribution in [3.63, 3.8) is 0 Å². The highest BCUT2D eigenvalue weighted by Gasteiger charge is 2.01. The molecule has 0 aliphatic heterocycles. The summed E-state index contributed by atoms with van der Waals surface area (Å²) >= 11 is 0. The molecule has 0 heterocycles. The summed E-state index contributed by atoms with van der Waals surface area (Å²) in [5.74, 6) is 1.07. The van der Waals surface area contributed by atoms with Crippen molar-refractivity contribution < 1.29 is 4.74 Å². The Kier molecular flexibility index (Phi) is 7.20. The molecule has 0 spiro atoms. The van der Waals surface area contributed by atoms with Crippen molar-refractivity contribution in [2.24, 2.45) is 0 Å². The topological polar surface area (TPSA) is 9.23 Å². The molecule has 1 heteroatoms. The maximum absolute atomic E-state index is 5.75. The Bertz CT molecular complexity index is 317. The highest BCUT2D eigenvalue weighted by molar-refractivity contribution is 5.33. The van der Waals surface area contributed by atoms with E-state index in [1.807, 2.05) is 12.1 Å². The molecule has 0 aliphatic carbocycles. The Hall–Kier alpha value is -1.24. The fourth-order valence-corrected chi connectivity index (χ4v) is 1.84. The molecular weight excluding hydrogens is 208 g/mol. The lowest BCUT2D eigenvalue weighted by molar-refractivity contribution is 0.314. The van der Waals surface area contributed by atoms with E-state index in [4.69, 9.17) is 4.74 Å². The molecule has 1 aromatic rings. The van der Waals surface area contributed by atoms with E-state index >= 15 is 0 Å². The minimum Gasteiger partial charge on any atom is -0.493 e. The molecule has 1 rings (SSSR count). The Morgan fingerprint density at radius 1 is 1.18 bits per heavy atom. The van der Waals surface area contributed by atoms with Gasteiger partial charge in [-0.25, -0.2) is 0 Å². The highest BCUT2D eigenvalue weighted by atomic mass is 16.5. The molecule has 94 valence electrons. The van der Waals surface area contributed by atoms with Crippen LogP contribution in [-0.2, 0) is 6.42 Å². The van der Waals surface area contributed by atoms with E-state index in [2.05, 4.69) is 31.7 Å². The maximum Gasteiger partial charge on any atom is 0.122 e. The van der Waals surface area contributed by atoms with Crippen molar-refractivity contribution in [2.45, 2.75) is 45.4 Å². The van der Waals surface area contributed by atoms with Gasteiger partial charge in [0.15, 0.2) is 0 Å². The predicted octanol–water partition coefficient (Wildman–Crippen LogP) is 4.76. The van der Waals surface area contributed by atoms with Gasteiger partial charge in [0.05, 0.1) is 6.61 Å². The third-order valence-corrected chi connectivity index (χ3v) is 2.79. The number of ether oxygens (including phenoxy) is 1. The standard InChI is InChI=1S/C16H24O/c1-3-5-6-7-8-11-15-12-9-10-13-16(15)17-14-4-2/h3,9-10,12-13H,1,4-8,11,14H2,2H3. The van der Waals surface area contributed by atoms with Crippen molar-refractivity contribution >= 4 is 0 Å². The van der Waals surface area contributed by atoms with Gasteiger partial charge in [-0.15, -0.1) is 6.58 Å². The zero-order valence-corrected chi connectivity index (χ0v) is 11.0. The van der Waals surface area contributed by atoms with Crippen molar-refractivity contribution in [1.29, 1.82) is 0 Å². The molecule has 1 nitrogen and oxygen atoms in total. The van der Waals surface area contributed by atoms with Crippen molar-refractivity contribution in [2.75, 3.05) is 6.61 Å². The first kappa shape index (κ1) is 13.8. The molecule has 0 atom stereocenters. The number of rotatable bonds is 9. The zero-order valence-electron chi connectivity index (χ0n) is 11.0. The largest absolute Gasteiger partial charge is 0.493 e. The molecule has 1 aromatic carbocycles. The number of para-hydroxylation sites is 1. The third kappa shape index (κ3) is 5.58. The van der Waals surface area contributed by atoms with E-state index in [1.54, 1.807) is 0 Å². The first-order chi connectivity index (χ1) is 8.38. The maximum atomic E-state index is 5.75. The molecule has 17 heavy (non-hydrogen) atoms. The van der Waals surface area contributed by atoms with Gasteiger partial charge >= 0.3 is 0 Å². The lowest BCUT2D eigenvalue weighted by atomic mass is 10.1. The molecule has 0 aromatic heterocycles. The van der Waals surface area contributed by atoms with Gasteiger partial charge in [0.1, 0.15) is 5.75 Å². The monoisotopic (exact) mass is 232 g/mol. The number of hydrogen-bond donors (Lipinski definition) is 0. The Labute approximate surface area is 106 Å². The van der Waals surface area contributed by atoms with E-state index < -0.39 is 0 Å². The smallest absolute Gasteiger partial charge is 0.122 e. The third-order valence-electron chi connectivity index (χ3n) is 2.79. The summed E-state index contributed by atoms with van der Waals surface area (Å²) in [7, 11) is 0. The second kappa shape index (κ2) is 8.86. The number of benzene rings is 1. The average Bonchev–Trinajstić information content (AvgIpc) is 2.37. The van der Waals surface area contributed by atoms with Crippen molar-refractivity contribution in [1.82, 2.24) is 0 Å². The first-order valence-electron chi connectivity index (χ1n) is 6.70. The van der Waals surface area contributed by atoms with E-state index in [-0.39, 0.29) is 0 Å². The Morgan fingerprint density at radius 2 is 2.00 bits per heavy atom. The quantitative estimate of drug-likeness (QED) is 0.440. The molecule has 0 aliphatic rings. The molecule has 0 saturated heterocycles. The molecule has 0 amide bonds. The summed E-state index contributed by atoms with van der Waals surface area (Å²) in [6.07, 6.45) is 9.08. The fourth-order valence-electron chi connectivity index (χ4n) is 1.84. The zero-order chi connectivity index (χ0) is 12.3. The van der Waals surface area contributed by atoms with E-state index in [0.717, 1.165) is 31.6 Å². The summed E-state index contributed by atoms with van der Waals surface area (Å²) in [4.78, 5) is 0. The number of aryl methyl sites for hydroxylation is 1. The van der Waals surface area contributed by atoms with E-state index in [1.165, 1.54) is 24.8 Å². The van der Waals surface area contributed by atoms with Gasteiger partial charge in [0.25, 0.3) is 0 Å². The van der Waals surface area contributed by atoms with Crippen LogP contribution in [0.5, 0.6) is 5.75 Å². The van der Waals surface area contributed by atoms with Crippen LogP contribution in [-0.4, -0.2) is 6.61 Å². The Balaban J connectivity index is 2.37. The van der Waals surface area contributed by atoms with Gasteiger partial charge in [0, 0.05) is 0 Å². The van der Waals surface area contributed by atoms with Crippen LogP contribution in [0.4, 0.5) is 0 Å². The van der Waals surface area contributed by atoms with Crippen LogP contribution in [0.15, 0.2) is 36.9 Å². The number of allylic oxidation sites excluding steroid dienone is 1. The van der Waals surface area contributed by atoms with Crippen molar-refractivity contribution in [3.05, 3.63) is 42.5 Å². The lowest BCUT2D eigenvalue weighted by Crippen LogP contribution is -1.98. The van der Waals surface area contributed by atoms with Gasteiger partial charge in [-0.2, -0.15) is 0 Å². The molecule has 0 saturated carbocycles. The second-order valence-electron chi connectivity index (χ2n) is 4.34. The molecule has 0 N–H and O–H groups in total. The fraction of sp³-hybridized carbons (Fsp3) is 0.500. The summed E-state index contributed by atoms with van der Waals surface area (Å²) in [6, 6.07) is 8.40. The molecular formula is C16H24O. The summed E-state index contributed by atoms with van der Waals surface area (Å²) < 4.78 is 5.75. The predicted molar refractivity (Wildman–Crippen MR) is 74.6 cm³/mol. The highest BCUT2D eigenvalue weighted by Crippen LogP contribution is 2.20.